The Bertz CT molecular complexity index is 249. The molecule has 0 aliphatic heterocycles. The number of allylic oxidation sites excluding steroid dienone is 4. The van der Waals surface area contributed by atoms with Crippen LogP contribution in [0.25, 0.3) is 0 Å². The molecule has 0 bridgehead atoms. The quantitative estimate of drug-likeness (QED) is 0.299. The van der Waals surface area contributed by atoms with E-state index in [1.54, 1.807) is 6.08 Å². The zero-order chi connectivity index (χ0) is 22.9. The van der Waals surface area contributed by atoms with E-state index in [0.29, 0.717) is 19.8 Å². The summed E-state index contributed by atoms with van der Waals surface area (Å²) >= 11 is 0. The van der Waals surface area contributed by atoms with Gasteiger partial charge in [0, 0.05) is 50.5 Å². The molecular weight excluding hydrogens is 449 g/mol. The van der Waals surface area contributed by atoms with E-state index in [-0.39, 0.29) is 22.3 Å². The Kier molecular flexibility index (Phi) is 119. The zero-order valence-corrected chi connectivity index (χ0v) is 28.2. The third-order valence-corrected chi connectivity index (χ3v) is 6.02. The van der Waals surface area contributed by atoms with Crippen LogP contribution in [-0.4, -0.2) is 60.1 Å². The molecule has 0 rings (SSSR count). The number of rotatable bonds is 10. The summed E-state index contributed by atoms with van der Waals surface area (Å²) in [5.74, 6) is 0. The Morgan fingerprint density at radius 1 is 0.806 bits per heavy atom. The van der Waals surface area contributed by atoms with E-state index in [9.17, 15) is 0 Å². The maximum atomic E-state index is 5.22. The first-order valence-electron chi connectivity index (χ1n) is 11.1. The Hall–Kier alpha value is -0.0325. The molecule has 0 spiro atoms. The van der Waals surface area contributed by atoms with Crippen LogP contribution < -0.4 is 0 Å². The molecule has 0 aromatic heterocycles. The summed E-state index contributed by atoms with van der Waals surface area (Å²) in [4.78, 5) is 0. The molecule has 0 fully saturated rings. The lowest BCUT2D eigenvalue weighted by atomic mass is 10.4. The summed E-state index contributed by atoms with van der Waals surface area (Å²) in [6, 6.07) is 2.78. The van der Waals surface area contributed by atoms with E-state index in [1.165, 1.54) is 62.1 Å². The summed E-state index contributed by atoms with van der Waals surface area (Å²) in [6.07, 6.45) is 12.2. The molecule has 0 amide bonds. The monoisotopic (exact) mass is 514 g/mol. The van der Waals surface area contributed by atoms with Crippen LogP contribution in [0.1, 0.15) is 90.0 Å². The van der Waals surface area contributed by atoms with Crippen molar-refractivity contribution < 1.29 is 13.3 Å². The number of unbranched alkanes of at least 4 members (excludes halogenated alkanes) is 1. The van der Waals surface area contributed by atoms with Crippen LogP contribution in [0.3, 0.4) is 0 Å². The third kappa shape index (κ3) is 105. The second-order valence-electron chi connectivity index (χ2n) is 5.37. The standard InChI is InChI=1S/C6H16O3Si.C4H12Si.2C4H10Si.C3H6.3CH4/c1-4-7-10(8-5-2)9-6-3;3*1-2-3-4-5;1-3-2;;;/h10H,4-6H2,1-3H3;2-4H2,1,5H3;3-4H,2H2,1,5H3;2-3H,4H2,1,5H3;3H,1H2,2H3;3*1H4. The minimum absolute atomic E-state index is 0. The van der Waals surface area contributed by atoms with Gasteiger partial charge in [0.05, 0.1) is 0 Å². The molecule has 0 atom stereocenters. The summed E-state index contributed by atoms with van der Waals surface area (Å²) in [6.45, 7) is 19.5. The summed E-state index contributed by atoms with van der Waals surface area (Å²) in [7, 11) is 2.19. The predicted octanol–water partition coefficient (Wildman–Crippen LogP) is 5.11. The van der Waals surface area contributed by atoms with Crippen molar-refractivity contribution in [2.45, 2.75) is 102 Å². The molecule has 0 aromatic rings. The molecule has 0 N–H and O–H groups in total. The largest absolute Gasteiger partial charge is 0.484 e. The molecule has 0 saturated heterocycles. The lowest BCUT2D eigenvalue weighted by Crippen LogP contribution is -2.27. The summed E-state index contributed by atoms with van der Waals surface area (Å²) in [5.41, 5.74) is 2.19. The van der Waals surface area contributed by atoms with Gasteiger partial charge < -0.3 is 13.3 Å². The Morgan fingerprint density at radius 2 is 1.19 bits per heavy atom. The van der Waals surface area contributed by atoms with Gasteiger partial charge in [0.15, 0.2) is 0 Å². The first kappa shape index (κ1) is 52.7. The minimum atomic E-state index is -1.73. The van der Waals surface area contributed by atoms with E-state index < -0.39 is 9.53 Å². The topological polar surface area (TPSA) is 27.7 Å². The van der Waals surface area contributed by atoms with E-state index in [4.69, 9.17) is 13.3 Å². The van der Waals surface area contributed by atoms with Gasteiger partial charge in [0.1, 0.15) is 0 Å². The van der Waals surface area contributed by atoms with Crippen molar-refractivity contribution in [2.75, 3.05) is 19.8 Å². The van der Waals surface area contributed by atoms with Gasteiger partial charge in [-0.3, -0.25) is 0 Å². The van der Waals surface area contributed by atoms with Gasteiger partial charge in [0.2, 0.25) is 0 Å². The fourth-order valence-electron chi connectivity index (χ4n) is 1.38. The average Bonchev–Trinajstić information content (AvgIpc) is 2.67. The van der Waals surface area contributed by atoms with Crippen LogP contribution in [0.4, 0.5) is 0 Å². The fourth-order valence-corrected chi connectivity index (χ4v) is 4.13. The molecule has 7 heteroatoms. The van der Waals surface area contributed by atoms with Gasteiger partial charge in [0.25, 0.3) is 0 Å². The summed E-state index contributed by atoms with van der Waals surface area (Å²) < 4.78 is 15.7. The van der Waals surface area contributed by atoms with Crippen LogP contribution in [0.15, 0.2) is 36.6 Å². The molecule has 196 valence electrons. The molecule has 0 aromatic carbocycles. The second-order valence-corrected chi connectivity index (χ2v) is 9.43. The molecule has 0 radical (unpaired) electrons. The molecule has 0 aliphatic carbocycles. The van der Waals surface area contributed by atoms with Crippen LogP contribution >= 0.6 is 0 Å². The Balaban J connectivity index is -0.0000000369. The van der Waals surface area contributed by atoms with Crippen molar-refractivity contribution in [3.63, 3.8) is 0 Å². The SMILES string of the molecule is C.C.C.C=CC.CC=CC[SiH3].CCC=C[SiH3].CCCC[SiH3].CCO[SiH](OCC)OCC. The molecule has 0 saturated carbocycles. The van der Waals surface area contributed by atoms with Crippen molar-refractivity contribution in [1.29, 1.82) is 0 Å². The van der Waals surface area contributed by atoms with E-state index in [2.05, 4.69) is 51.3 Å². The third-order valence-electron chi connectivity index (χ3n) is 2.56. The fraction of sp³-hybridized carbons (Fsp3) is 0.750. The van der Waals surface area contributed by atoms with Gasteiger partial charge >= 0.3 is 9.53 Å². The maximum Gasteiger partial charge on any atom is 0.484 e. The van der Waals surface area contributed by atoms with E-state index in [0.717, 1.165) is 0 Å². The Labute approximate surface area is 211 Å². The van der Waals surface area contributed by atoms with Crippen LogP contribution in [-0.2, 0) is 13.3 Å². The minimum Gasteiger partial charge on any atom is -0.376 e. The average molecular weight is 515 g/mol. The lowest BCUT2D eigenvalue weighted by molar-refractivity contribution is 0.107. The second kappa shape index (κ2) is 69.9. The van der Waals surface area contributed by atoms with Crippen LogP contribution in [0.5, 0.6) is 0 Å². The van der Waals surface area contributed by atoms with Gasteiger partial charge in [-0.2, -0.15) is 0 Å². The van der Waals surface area contributed by atoms with E-state index >= 15 is 0 Å². The summed E-state index contributed by atoms with van der Waals surface area (Å²) in [5, 5.41) is 0. The van der Waals surface area contributed by atoms with Crippen molar-refractivity contribution in [2.24, 2.45) is 0 Å². The van der Waals surface area contributed by atoms with E-state index in [1.807, 2.05) is 27.7 Å². The molecule has 0 aliphatic rings. The highest BCUT2D eigenvalue weighted by Crippen LogP contribution is 1.91. The molecule has 0 unspecified atom stereocenters. The highest BCUT2D eigenvalue weighted by Gasteiger charge is 2.11. The van der Waals surface area contributed by atoms with Crippen molar-refractivity contribution >= 4 is 40.3 Å². The molecule has 3 nitrogen and oxygen atoms in total. The molecule has 31 heavy (non-hydrogen) atoms. The highest BCUT2D eigenvalue weighted by molar-refractivity contribution is 6.36. The first-order chi connectivity index (χ1) is 13.5. The predicted molar refractivity (Wildman–Crippen MR) is 167 cm³/mol. The number of hydrogen-bond acceptors (Lipinski definition) is 3. The van der Waals surface area contributed by atoms with Crippen LogP contribution in [0, 0.1) is 0 Å². The van der Waals surface area contributed by atoms with Crippen molar-refractivity contribution in [3.8, 4) is 0 Å². The molecular formula is C24H66O3Si4. The first-order valence-corrected chi connectivity index (χ1v) is 16.5. The van der Waals surface area contributed by atoms with Gasteiger partial charge in [-0.15, -0.1) is 12.3 Å². The highest BCUT2D eigenvalue weighted by atomic mass is 28.3. The van der Waals surface area contributed by atoms with Crippen molar-refractivity contribution in [1.82, 2.24) is 0 Å². The van der Waals surface area contributed by atoms with Gasteiger partial charge in [-0.1, -0.05) is 79.3 Å². The Morgan fingerprint density at radius 3 is 1.26 bits per heavy atom. The van der Waals surface area contributed by atoms with Gasteiger partial charge in [-0.25, -0.2) is 0 Å². The van der Waals surface area contributed by atoms with Crippen LogP contribution in [0.2, 0.25) is 12.1 Å². The lowest BCUT2D eigenvalue weighted by Gasteiger charge is -2.12. The maximum absolute atomic E-state index is 5.22. The molecule has 0 heterocycles. The zero-order valence-electron chi connectivity index (χ0n) is 21.1. The van der Waals surface area contributed by atoms with Gasteiger partial charge in [-0.05, 0) is 47.1 Å². The normalized spacial score (nSPS) is 8.77. The van der Waals surface area contributed by atoms with Crippen molar-refractivity contribution in [3.05, 3.63) is 36.6 Å². The number of hydrogen-bond donors (Lipinski definition) is 0. The smallest absolute Gasteiger partial charge is 0.376 e.